The Bertz CT molecular complexity index is 1360. The van der Waals surface area contributed by atoms with Crippen LogP contribution in [0.1, 0.15) is 20.8 Å². The van der Waals surface area contributed by atoms with Gasteiger partial charge in [0.2, 0.25) is 15.9 Å². The Morgan fingerprint density at radius 2 is 1.76 bits per heavy atom. The fraction of sp³-hybridized carbons (Fsp3) is 0.333. The van der Waals surface area contributed by atoms with Gasteiger partial charge in [-0.1, -0.05) is 38.6 Å². The predicted octanol–water partition coefficient (Wildman–Crippen LogP) is 3.38. The van der Waals surface area contributed by atoms with Crippen LogP contribution in [0.4, 0.5) is 5.69 Å². The van der Waals surface area contributed by atoms with Crippen LogP contribution in [0.25, 0.3) is 11.1 Å². The number of aromatic nitrogens is 1. The van der Waals surface area contributed by atoms with Crippen molar-refractivity contribution in [3.63, 3.8) is 0 Å². The van der Waals surface area contributed by atoms with Crippen LogP contribution in [-0.2, 0) is 24.7 Å². The molecule has 0 bridgehead atoms. The van der Waals surface area contributed by atoms with Crippen molar-refractivity contribution in [2.24, 2.45) is 0 Å². The van der Waals surface area contributed by atoms with Gasteiger partial charge in [-0.05, 0) is 36.4 Å². The number of hydrogen-bond donors (Lipinski definition) is 1. The van der Waals surface area contributed by atoms with Gasteiger partial charge >= 0.3 is 0 Å². The molecule has 12 heteroatoms. The zero-order valence-corrected chi connectivity index (χ0v) is 20.9. The lowest BCUT2D eigenvalue weighted by Crippen LogP contribution is -2.30. The predicted molar refractivity (Wildman–Crippen MR) is 128 cm³/mol. The maximum atomic E-state index is 12.7. The lowest BCUT2D eigenvalue weighted by atomic mass is 10.3. The molecule has 9 nitrogen and oxygen atoms in total. The number of anilines is 1. The standard InChI is InChI=1S/C21H25N3O6S3/c1-4-24(5-2)33(28,29)17-9-7-8-15(12-17)22-20(25)14-31-21-23-18-13-16(32(26,27)6-3)10-11-19(18)30-21/h7-13H,4-6,14H2,1-3H3,(H,22,25). The van der Waals surface area contributed by atoms with Gasteiger partial charge in [-0.15, -0.1) is 0 Å². The molecule has 1 heterocycles. The normalized spacial score (nSPS) is 12.4. The zero-order chi connectivity index (χ0) is 24.2. The van der Waals surface area contributed by atoms with Crippen molar-refractivity contribution in [2.45, 2.75) is 35.8 Å². The summed E-state index contributed by atoms with van der Waals surface area (Å²) in [5.74, 6) is -0.413. The van der Waals surface area contributed by atoms with Crippen molar-refractivity contribution < 1.29 is 26.0 Å². The van der Waals surface area contributed by atoms with Gasteiger partial charge < -0.3 is 9.73 Å². The number of hydrogen-bond acceptors (Lipinski definition) is 8. The van der Waals surface area contributed by atoms with Gasteiger partial charge in [0, 0.05) is 18.8 Å². The summed E-state index contributed by atoms with van der Waals surface area (Å²) in [6, 6.07) is 10.5. The molecule has 0 spiro atoms. The van der Waals surface area contributed by atoms with E-state index in [9.17, 15) is 21.6 Å². The third kappa shape index (κ3) is 5.75. The maximum Gasteiger partial charge on any atom is 0.257 e. The molecule has 0 atom stereocenters. The molecule has 0 saturated carbocycles. The van der Waals surface area contributed by atoms with Crippen molar-refractivity contribution in [1.82, 2.24) is 9.29 Å². The average molecular weight is 512 g/mol. The highest BCUT2D eigenvalue weighted by Gasteiger charge is 2.22. The van der Waals surface area contributed by atoms with Crippen molar-refractivity contribution in [2.75, 3.05) is 29.9 Å². The van der Waals surface area contributed by atoms with Gasteiger partial charge in [-0.25, -0.2) is 21.8 Å². The number of benzene rings is 2. The summed E-state index contributed by atoms with van der Waals surface area (Å²) in [5, 5.41) is 2.90. The van der Waals surface area contributed by atoms with E-state index in [-0.39, 0.29) is 32.4 Å². The first kappa shape index (κ1) is 25.2. The third-order valence-corrected chi connectivity index (χ3v) is 9.47. The SMILES string of the molecule is CCN(CC)S(=O)(=O)c1cccc(NC(=O)CSc2nc3cc(S(=O)(=O)CC)ccc3o2)c1. The summed E-state index contributed by atoms with van der Waals surface area (Å²) < 4.78 is 56.4. The molecule has 2 aromatic carbocycles. The minimum Gasteiger partial charge on any atom is -0.431 e. The zero-order valence-electron chi connectivity index (χ0n) is 18.4. The molecule has 178 valence electrons. The maximum absolute atomic E-state index is 12.7. The van der Waals surface area contributed by atoms with Gasteiger partial charge in [0.25, 0.3) is 5.22 Å². The van der Waals surface area contributed by atoms with E-state index in [1.165, 1.54) is 34.6 Å². The Morgan fingerprint density at radius 1 is 1.03 bits per heavy atom. The number of fused-ring (bicyclic) bond motifs is 1. The average Bonchev–Trinajstić information content (AvgIpc) is 3.21. The number of nitrogens with zero attached hydrogens (tertiary/aromatic N) is 2. The fourth-order valence-electron chi connectivity index (χ4n) is 3.08. The number of rotatable bonds is 10. The fourth-order valence-corrected chi connectivity index (χ4v) is 6.12. The van der Waals surface area contributed by atoms with Gasteiger partial charge in [-0.3, -0.25) is 4.79 Å². The van der Waals surface area contributed by atoms with Crippen molar-refractivity contribution in [1.29, 1.82) is 0 Å². The lowest BCUT2D eigenvalue weighted by Gasteiger charge is -2.18. The van der Waals surface area contributed by atoms with Crippen LogP contribution in [0.15, 0.2) is 61.9 Å². The van der Waals surface area contributed by atoms with E-state index in [2.05, 4.69) is 10.3 Å². The van der Waals surface area contributed by atoms with E-state index in [0.29, 0.717) is 29.9 Å². The van der Waals surface area contributed by atoms with E-state index in [0.717, 1.165) is 11.8 Å². The molecule has 0 fully saturated rings. The van der Waals surface area contributed by atoms with Crippen LogP contribution < -0.4 is 5.32 Å². The first-order chi connectivity index (χ1) is 15.6. The molecule has 3 aromatic rings. The summed E-state index contributed by atoms with van der Waals surface area (Å²) in [6.07, 6.45) is 0. The van der Waals surface area contributed by atoms with E-state index >= 15 is 0 Å². The van der Waals surface area contributed by atoms with Crippen molar-refractivity contribution in [3.05, 3.63) is 42.5 Å². The van der Waals surface area contributed by atoms with Crippen LogP contribution in [-0.4, -0.2) is 56.6 Å². The summed E-state index contributed by atoms with van der Waals surface area (Å²) in [5.41, 5.74) is 1.17. The summed E-state index contributed by atoms with van der Waals surface area (Å²) >= 11 is 1.05. The van der Waals surface area contributed by atoms with Crippen LogP contribution in [0.5, 0.6) is 0 Å². The number of sulfone groups is 1. The van der Waals surface area contributed by atoms with E-state index in [1.54, 1.807) is 32.9 Å². The lowest BCUT2D eigenvalue weighted by molar-refractivity contribution is -0.113. The second-order valence-electron chi connectivity index (χ2n) is 6.97. The van der Waals surface area contributed by atoms with Crippen molar-refractivity contribution >= 4 is 54.3 Å². The van der Waals surface area contributed by atoms with E-state index < -0.39 is 19.9 Å². The molecule has 33 heavy (non-hydrogen) atoms. The molecule has 1 aromatic heterocycles. The quantitative estimate of drug-likeness (QED) is 0.411. The molecule has 1 amide bonds. The highest BCUT2D eigenvalue weighted by Crippen LogP contribution is 2.26. The van der Waals surface area contributed by atoms with Crippen LogP contribution in [0, 0.1) is 0 Å². The Balaban J connectivity index is 1.68. The topological polar surface area (TPSA) is 127 Å². The van der Waals surface area contributed by atoms with Gasteiger partial charge in [-0.2, -0.15) is 4.31 Å². The first-order valence-corrected chi connectivity index (χ1v) is 14.3. The number of carbonyl (C=O) groups is 1. The van der Waals surface area contributed by atoms with Crippen LogP contribution in [0.2, 0.25) is 0 Å². The Kier molecular flexibility index (Phi) is 7.83. The van der Waals surface area contributed by atoms with Gasteiger partial charge in [0.1, 0.15) is 5.52 Å². The number of carbonyl (C=O) groups excluding carboxylic acids is 1. The molecule has 0 aliphatic carbocycles. The molecule has 0 aliphatic rings. The Labute approximate surface area is 197 Å². The molecular weight excluding hydrogens is 486 g/mol. The van der Waals surface area contributed by atoms with Gasteiger partial charge in [0.05, 0.1) is 21.3 Å². The number of amides is 1. The largest absolute Gasteiger partial charge is 0.431 e. The highest BCUT2D eigenvalue weighted by molar-refractivity contribution is 7.99. The second kappa shape index (κ2) is 10.2. The molecule has 0 saturated heterocycles. The van der Waals surface area contributed by atoms with Crippen LogP contribution in [0.3, 0.4) is 0 Å². The number of thioether (sulfide) groups is 1. The smallest absolute Gasteiger partial charge is 0.257 e. The van der Waals surface area contributed by atoms with Gasteiger partial charge in [0.15, 0.2) is 15.4 Å². The third-order valence-electron chi connectivity index (χ3n) is 4.87. The first-order valence-electron chi connectivity index (χ1n) is 10.3. The minimum atomic E-state index is -3.64. The summed E-state index contributed by atoms with van der Waals surface area (Å²) in [4.78, 5) is 16.9. The van der Waals surface area contributed by atoms with E-state index in [4.69, 9.17) is 4.42 Å². The Hall–Kier alpha value is -2.41. The molecular formula is C21H25N3O6S3. The second-order valence-corrected chi connectivity index (χ2v) is 12.1. The molecule has 0 radical (unpaired) electrons. The minimum absolute atomic E-state index is 0.0183. The summed E-state index contributed by atoms with van der Waals surface area (Å²) in [7, 11) is -7.00. The van der Waals surface area contributed by atoms with Crippen LogP contribution >= 0.6 is 11.8 Å². The highest BCUT2D eigenvalue weighted by atomic mass is 32.2. The number of sulfonamides is 1. The number of oxazole rings is 1. The Morgan fingerprint density at radius 3 is 2.42 bits per heavy atom. The molecule has 3 rings (SSSR count). The molecule has 0 unspecified atom stereocenters. The van der Waals surface area contributed by atoms with E-state index in [1.807, 2.05) is 0 Å². The molecule has 1 N–H and O–H groups in total. The number of nitrogens with one attached hydrogen (secondary N) is 1. The van der Waals surface area contributed by atoms with Crippen molar-refractivity contribution in [3.8, 4) is 0 Å². The molecule has 0 aliphatic heterocycles. The summed E-state index contributed by atoms with van der Waals surface area (Å²) in [6.45, 7) is 5.79. The monoisotopic (exact) mass is 511 g/mol.